The summed E-state index contributed by atoms with van der Waals surface area (Å²) in [6.07, 6.45) is 0. The van der Waals surface area contributed by atoms with E-state index in [-0.39, 0.29) is 0 Å². The van der Waals surface area contributed by atoms with Crippen LogP contribution in [0.15, 0.2) is 34.8 Å². The summed E-state index contributed by atoms with van der Waals surface area (Å²) in [6, 6.07) is 10.2. The minimum Gasteiger partial charge on any atom is -0.311 e. The fourth-order valence-corrected chi connectivity index (χ4v) is 1.74. The fraction of sp³-hybridized carbons (Fsp3) is 0.250. The smallest absolute Gasteiger partial charge is 0.0924 e. The van der Waals surface area contributed by atoms with Crippen LogP contribution in [0.4, 0.5) is 0 Å². The van der Waals surface area contributed by atoms with Crippen molar-refractivity contribution in [2.24, 2.45) is 0 Å². The lowest BCUT2D eigenvalue weighted by atomic mass is 10.1. The van der Waals surface area contributed by atoms with E-state index in [1.807, 2.05) is 12.1 Å². The topological polar surface area (TPSA) is 40.7 Å². The third kappa shape index (κ3) is 2.71. The van der Waals surface area contributed by atoms with Gasteiger partial charge in [-0.1, -0.05) is 35.0 Å². The molecule has 0 spiro atoms. The molecule has 0 fully saturated rings. The van der Waals surface area contributed by atoms with Gasteiger partial charge in [-0.2, -0.15) is 5.10 Å². The maximum atomic E-state index is 4.29. The van der Waals surface area contributed by atoms with E-state index in [2.05, 4.69) is 56.6 Å². The van der Waals surface area contributed by atoms with E-state index >= 15 is 0 Å². The van der Waals surface area contributed by atoms with Gasteiger partial charge in [0.2, 0.25) is 0 Å². The quantitative estimate of drug-likeness (QED) is 0.904. The van der Waals surface area contributed by atoms with Crippen LogP contribution in [0.3, 0.4) is 0 Å². The summed E-state index contributed by atoms with van der Waals surface area (Å²) < 4.78 is 1.08. The van der Waals surface area contributed by atoms with Gasteiger partial charge in [-0.15, -0.1) is 0 Å². The van der Waals surface area contributed by atoms with Gasteiger partial charge < -0.3 is 5.32 Å². The summed E-state index contributed by atoms with van der Waals surface area (Å²) in [5, 5.41) is 10.6. The molecule has 0 aliphatic heterocycles. The molecule has 2 aromatic rings. The molecule has 0 saturated carbocycles. The number of nitrogens with one attached hydrogen (secondary N) is 2. The van der Waals surface area contributed by atoms with Crippen molar-refractivity contribution in [3.05, 3.63) is 40.5 Å². The number of hydrogen-bond acceptors (Lipinski definition) is 2. The number of aromatic amines is 1. The molecule has 0 aliphatic rings. The molecule has 0 atom stereocenters. The molecule has 0 unspecified atom stereocenters. The Kier molecular flexibility index (Phi) is 3.74. The lowest BCUT2D eigenvalue weighted by Crippen LogP contribution is -2.11. The van der Waals surface area contributed by atoms with Crippen molar-refractivity contribution in [1.82, 2.24) is 15.5 Å². The van der Waals surface area contributed by atoms with Crippen LogP contribution in [-0.4, -0.2) is 16.7 Å². The van der Waals surface area contributed by atoms with Crippen LogP contribution in [0.25, 0.3) is 11.3 Å². The third-order valence-electron chi connectivity index (χ3n) is 2.34. The number of hydrogen-bond donors (Lipinski definition) is 2. The molecule has 1 aromatic heterocycles. The zero-order valence-corrected chi connectivity index (χ0v) is 10.7. The number of halogens is 1. The maximum Gasteiger partial charge on any atom is 0.0924 e. The summed E-state index contributed by atoms with van der Waals surface area (Å²) in [4.78, 5) is 0. The second-order valence-electron chi connectivity index (χ2n) is 3.57. The molecular formula is C12H14BrN3. The Bertz CT molecular complexity index is 448. The standard InChI is InChI=1S/C12H14BrN3/c1-2-14-8-11-7-12(16-15-11)9-3-5-10(13)6-4-9/h3-7,14H,2,8H2,1H3,(H,15,16). The average Bonchev–Trinajstić information content (AvgIpc) is 2.76. The van der Waals surface area contributed by atoms with E-state index < -0.39 is 0 Å². The molecule has 4 heteroatoms. The van der Waals surface area contributed by atoms with Gasteiger partial charge in [0.25, 0.3) is 0 Å². The molecule has 3 nitrogen and oxygen atoms in total. The highest BCUT2D eigenvalue weighted by atomic mass is 79.9. The van der Waals surface area contributed by atoms with Gasteiger partial charge in [0.05, 0.1) is 5.69 Å². The summed E-state index contributed by atoms with van der Waals surface area (Å²) >= 11 is 3.42. The van der Waals surface area contributed by atoms with Crippen LogP contribution in [0.1, 0.15) is 12.6 Å². The molecule has 0 radical (unpaired) electrons. The number of benzene rings is 1. The van der Waals surface area contributed by atoms with Crippen LogP contribution >= 0.6 is 15.9 Å². The van der Waals surface area contributed by atoms with Crippen LogP contribution in [-0.2, 0) is 6.54 Å². The number of nitrogens with zero attached hydrogens (tertiary/aromatic N) is 1. The Morgan fingerprint density at radius 3 is 2.75 bits per heavy atom. The molecule has 16 heavy (non-hydrogen) atoms. The Morgan fingerprint density at radius 2 is 2.06 bits per heavy atom. The summed E-state index contributed by atoms with van der Waals surface area (Å²) in [5.41, 5.74) is 3.22. The first-order valence-corrected chi connectivity index (χ1v) is 6.10. The van der Waals surface area contributed by atoms with Crippen molar-refractivity contribution in [1.29, 1.82) is 0 Å². The Balaban J connectivity index is 2.15. The van der Waals surface area contributed by atoms with Gasteiger partial charge >= 0.3 is 0 Å². The van der Waals surface area contributed by atoms with Gasteiger partial charge in [-0.3, -0.25) is 5.10 Å². The van der Waals surface area contributed by atoms with Crippen molar-refractivity contribution in [2.45, 2.75) is 13.5 Å². The predicted octanol–water partition coefficient (Wildman–Crippen LogP) is 2.95. The Hall–Kier alpha value is -1.13. The molecule has 2 rings (SSSR count). The highest BCUT2D eigenvalue weighted by molar-refractivity contribution is 9.10. The highest BCUT2D eigenvalue weighted by Crippen LogP contribution is 2.20. The normalized spacial score (nSPS) is 10.6. The zero-order chi connectivity index (χ0) is 11.4. The van der Waals surface area contributed by atoms with Crippen molar-refractivity contribution in [3.63, 3.8) is 0 Å². The van der Waals surface area contributed by atoms with Crippen molar-refractivity contribution < 1.29 is 0 Å². The number of H-pyrrole nitrogens is 1. The van der Waals surface area contributed by atoms with Gasteiger partial charge in [-0.25, -0.2) is 0 Å². The van der Waals surface area contributed by atoms with Crippen molar-refractivity contribution in [2.75, 3.05) is 6.54 Å². The van der Waals surface area contributed by atoms with E-state index in [1.54, 1.807) is 0 Å². The first kappa shape index (κ1) is 11.4. The van der Waals surface area contributed by atoms with Crippen LogP contribution in [0, 0.1) is 0 Å². The second kappa shape index (κ2) is 5.27. The van der Waals surface area contributed by atoms with Gasteiger partial charge in [0.15, 0.2) is 0 Å². The SMILES string of the molecule is CCNCc1cc(-c2ccc(Br)cc2)n[nH]1. The molecule has 1 heterocycles. The van der Waals surface area contributed by atoms with Gasteiger partial charge in [0, 0.05) is 22.3 Å². The molecular weight excluding hydrogens is 266 g/mol. The summed E-state index contributed by atoms with van der Waals surface area (Å²) in [5.74, 6) is 0. The van der Waals surface area contributed by atoms with Crippen molar-refractivity contribution in [3.8, 4) is 11.3 Å². The van der Waals surface area contributed by atoms with Gasteiger partial charge in [-0.05, 0) is 24.7 Å². The minimum atomic E-state index is 0.833. The highest BCUT2D eigenvalue weighted by Gasteiger charge is 2.02. The van der Waals surface area contributed by atoms with E-state index in [9.17, 15) is 0 Å². The summed E-state index contributed by atoms with van der Waals surface area (Å²) in [6.45, 7) is 3.89. The first-order valence-electron chi connectivity index (χ1n) is 5.30. The van der Waals surface area contributed by atoms with E-state index in [0.29, 0.717) is 0 Å². The first-order chi connectivity index (χ1) is 7.79. The second-order valence-corrected chi connectivity index (χ2v) is 4.48. The largest absolute Gasteiger partial charge is 0.311 e. The summed E-state index contributed by atoms with van der Waals surface area (Å²) in [7, 11) is 0. The Labute approximate surface area is 103 Å². The molecule has 0 saturated heterocycles. The lowest BCUT2D eigenvalue weighted by Gasteiger charge is -1.96. The maximum absolute atomic E-state index is 4.29. The number of rotatable bonds is 4. The van der Waals surface area contributed by atoms with Crippen LogP contribution < -0.4 is 5.32 Å². The predicted molar refractivity (Wildman–Crippen MR) is 69.1 cm³/mol. The van der Waals surface area contributed by atoms with Crippen LogP contribution in [0.5, 0.6) is 0 Å². The molecule has 84 valence electrons. The molecule has 0 aliphatic carbocycles. The molecule has 1 aromatic carbocycles. The van der Waals surface area contributed by atoms with Gasteiger partial charge in [0.1, 0.15) is 0 Å². The third-order valence-corrected chi connectivity index (χ3v) is 2.87. The Morgan fingerprint density at radius 1 is 1.31 bits per heavy atom. The average molecular weight is 280 g/mol. The molecule has 2 N–H and O–H groups in total. The zero-order valence-electron chi connectivity index (χ0n) is 9.13. The lowest BCUT2D eigenvalue weighted by molar-refractivity contribution is 0.707. The molecule has 0 amide bonds. The van der Waals surface area contributed by atoms with E-state index in [0.717, 1.165) is 34.5 Å². The van der Waals surface area contributed by atoms with E-state index in [1.165, 1.54) is 0 Å². The van der Waals surface area contributed by atoms with E-state index in [4.69, 9.17) is 0 Å². The number of aromatic nitrogens is 2. The fourth-order valence-electron chi connectivity index (χ4n) is 1.48. The minimum absolute atomic E-state index is 0.833. The van der Waals surface area contributed by atoms with Crippen LogP contribution in [0.2, 0.25) is 0 Å². The molecule has 0 bridgehead atoms. The van der Waals surface area contributed by atoms with Crippen molar-refractivity contribution >= 4 is 15.9 Å². The monoisotopic (exact) mass is 279 g/mol.